The number of imidazole rings is 1. The topological polar surface area (TPSA) is 39.1 Å². The minimum atomic E-state index is 0.381. The zero-order valence-corrected chi connectivity index (χ0v) is 10.7. The zero-order chi connectivity index (χ0) is 12.0. The Bertz CT molecular complexity index is 296. The number of nitrogens with one attached hydrogen (secondary N) is 1. The van der Waals surface area contributed by atoms with Crippen LogP contribution in [0.2, 0.25) is 0 Å². The van der Waals surface area contributed by atoms with Gasteiger partial charge in [0.2, 0.25) is 0 Å². The van der Waals surface area contributed by atoms with Crippen molar-refractivity contribution in [3.05, 3.63) is 18.2 Å². The molecule has 0 amide bonds. The summed E-state index contributed by atoms with van der Waals surface area (Å²) in [6.07, 6.45) is 3.86. The fraction of sp³-hybridized carbons (Fsp3) is 0.750. The Balaban J connectivity index is 2.48. The molecule has 4 nitrogen and oxygen atoms in total. The summed E-state index contributed by atoms with van der Waals surface area (Å²) >= 11 is 0. The largest absolute Gasteiger partial charge is 0.383 e. The molecule has 0 aliphatic heterocycles. The van der Waals surface area contributed by atoms with Crippen LogP contribution in [0.5, 0.6) is 0 Å². The van der Waals surface area contributed by atoms with Crippen molar-refractivity contribution in [3.8, 4) is 0 Å². The summed E-state index contributed by atoms with van der Waals surface area (Å²) < 4.78 is 7.35. The summed E-state index contributed by atoms with van der Waals surface area (Å²) in [7, 11) is 1.74. The molecule has 1 atom stereocenters. The monoisotopic (exact) mass is 225 g/mol. The molecule has 0 spiro atoms. The second kappa shape index (κ2) is 6.66. The number of aryl methyl sites for hydroxylation is 1. The normalized spacial score (nSPS) is 13.3. The van der Waals surface area contributed by atoms with Gasteiger partial charge in [0, 0.05) is 32.1 Å². The molecular formula is C12H23N3O. The van der Waals surface area contributed by atoms with Crippen LogP contribution in [0.1, 0.15) is 26.6 Å². The molecule has 0 aliphatic rings. The fourth-order valence-electron chi connectivity index (χ4n) is 1.68. The van der Waals surface area contributed by atoms with E-state index in [2.05, 4.69) is 35.6 Å². The lowest BCUT2D eigenvalue weighted by atomic mass is 10.1. The van der Waals surface area contributed by atoms with Gasteiger partial charge in [-0.2, -0.15) is 0 Å². The van der Waals surface area contributed by atoms with E-state index in [1.165, 1.54) is 0 Å². The van der Waals surface area contributed by atoms with Crippen LogP contribution in [0.15, 0.2) is 12.4 Å². The molecule has 1 aromatic rings. The molecule has 0 aromatic carbocycles. The number of rotatable bonds is 7. The molecule has 0 saturated carbocycles. The highest BCUT2D eigenvalue weighted by molar-refractivity contribution is 4.92. The van der Waals surface area contributed by atoms with E-state index in [0.29, 0.717) is 12.0 Å². The van der Waals surface area contributed by atoms with Crippen molar-refractivity contribution in [2.45, 2.75) is 39.9 Å². The second-order valence-corrected chi connectivity index (χ2v) is 4.32. The first-order valence-corrected chi connectivity index (χ1v) is 5.91. The molecule has 0 aliphatic carbocycles. The molecular weight excluding hydrogens is 202 g/mol. The van der Waals surface area contributed by atoms with Crippen LogP contribution >= 0.6 is 0 Å². The SMILES string of the molecule is CCn1ccnc1CNC(COC)C(C)C. The fourth-order valence-corrected chi connectivity index (χ4v) is 1.68. The molecule has 92 valence electrons. The van der Waals surface area contributed by atoms with Crippen molar-refractivity contribution in [1.82, 2.24) is 14.9 Å². The van der Waals surface area contributed by atoms with Crippen LogP contribution in [-0.4, -0.2) is 29.3 Å². The van der Waals surface area contributed by atoms with Gasteiger partial charge in [0.1, 0.15) is 5.82 Å². The van der Waals surface area contributed by atoms with E-state index in [0.717, 1.165) is 25.5 Å². The predicted octanol–water partition coefficient (Wildman–Crippen LogP) is 1.66. The van der Waals surface area contributed by atoms with Gasteiger partial charge in [-0.1, -0.05) is 13.8 Å². The summed E-state index contributed by atoms with van der Waals surface area (Å²) in [5, 5.41) is 3.49. The molecule has 16 heavy (non-hydrogen) atoms. The zero-order valence-electron chi connectivity index (χ0n) is 10.7. The Morgan fingerprint density at radius 3 is 2.81 bits per heavy atom. The summed E-state index contributed by atoms with van der Waals surface area (Å²) in [5.74, 6) is 1.65. The molecule has 0 fully saturated rings. The van der Waals surface area contributed by atoms with Gasteiger partial charge >= 0.3 is 0 Å². The Morgan fingerprint density at radius 1 is 1.50 bits per heavy atom. The Hall–Kier alpha value is -0.870. The van der Waals surface area contributed by atoms with Crippen molar-refractivity contribution in [2.24, 2.45) is 5.92 Å². The predicted molar refractivity (Wildman–Crippen MR) is 65.2 cm³/mol. The third-order valence-electron chi connectivity index (χ3n) is 2.82. The first kappa shape index (κ1) is 13.2. The minimum absolute atomic E-state index is 0.381. The van der Waals surface area contributed by atoms with Gasteiger partial charge in [0.05, 0.1) is 13.2 Å². The average molecular weight is 225 g/mol. The lowest BCUT2D eigenvalue weighted by Gasteiger charge is -2.21. The highest BCUT2D eigenvalue weighted by Gasteiger charge is 2.13. The maximum Gasteiger partial charge on any atom is 0.122 e. The maximum absolute atomic E-state index is 5.20. The van der Waals surface area contributed by atoms with Crippen molar-refractivity contribution >= 4 is 0 Å². The lowest BCUT2D eigenvalue weighted by molar-refractivity contribution is 0.146. The number of hydrogen-bond acceptors (Lipinski definition) is 3. The molecule has 1 aromatic heterocycles. The summed E-state index contributed by atoms with van der Waals surface area (Å²) in [4.78, 5) is 4.34. The number of methoxy groups -OCH3 is 1. The van der Waals surface area contributed by atoms with E-state index in [4.69, 9.17) is 4.74 Å². The standard InChI is InChI=1S/C12H23N3O/c1-5-15-7-6-13-12(15)8-14-11(9-16-4)10(2)3/h6-7,10-11,14H,5,8-9H2,1-4H3. The van der Waals surface area contributed by atoms with Crippen LogP contribution in [0.4, 0.5) is 0 Å². The number of ether oxygens (including phenoxy) is 1. The molecule has 0 bridgehead atoms. The van der Waals surface area contributed by atoms with Gasteiger partial charge in [-0.05, 0) is 12.8 Å². The molecule has 1 unspecified atom stereocenters. The number of hydrogen-bond donors (Lipinski definition) is 1. The van der Waals surface area contributed by atoms with Crippen molar-refractivity contribution in [2.75, 3.05) is 13.7 Å². The molecule has 1 heterocycles. The Morgan fingerprint density at radius 2 is 2.25 bits per heavy atom. The lowest BCUT2D eigenvalue weighted by Crippen LogP contribution is -2.37. The maximum atomic E-state index is 5.20. The molecule has 1 rings (SSSR count). The highest BCUT2D eigenvalue weighted by atomic mass is 16.5. The van der Waals surface area contributed by atoms with Gasteiger partial charge in [0.25, 0.3) is 0 Å². The minimum Gasteiger partial charge on any atom is -0.383 e. The summed E-state index contributed by atoms with van der Waals surface area (Å²) in [6.45, 7) is 9.03. The van der Waals surface area contributed by atoms with Gasteiger partial charge in [-0.25, -0.2) is 4.98 Å². The smallest absolute Gasteiger partial charge is 0.122 e. The summed E-state index contributed by atoms with van der Waals surface area (Å²) in [6, 6.07) is 0.381. The summed E-state index contributed by atoms with van der Waals surface area (Å²) in [5.41, 5.74) is 0. The van der Waals surface area contributed by atoms with E-state index in [1.807, 2.05) is 12.4 Å². The molecule has 1 N–H and O–H groups in total. The van der Waals surface area contributed by atoms with Crippen LogP contribution in [0, 0.1) is 5.92 Å². The van der Waals surface area contributed by atoms with E-state index in [1.54, 1.807) is 7.11 Å². The average Bonchev–Trinajstić information content (AvgIpc) is 2.71. The van der Waals surface area contributed by atoms with Crippen LogP contribution in [-0.2, 0) is 17.8 Å². The van der Waals surface area contributed by atoms with E-state index in [-0.39, 0.29) is 0 Å². The Labute approximate surface area is 98.0 Å². The molecule has 0 radical (unpaired) electrons. The van der Waals surface area contributed by atoms with E-state index in [9.17, 15) is 0 Å². The third kappa shape index (κ3) is 3.61. The van der Waals surface area contributed by atoms with E-state index >= 15 is 0 Å². The van der Waals surface area contributed by atoms with Gasteiger partial charge in [0.15, 0.2) is 0 Å². The van der Waals surface area contributed by atoms with Gasteiger partial charge in [-0.15, -0.1) is 0 Å². The molecule has 0 saturated heterocycles. The number of nitrogens with zero attached hydrogens (tertiary/aromatic N) is 2. The quantitative estimate of drug-likeness (QED) is 0.767. The Kier molecular flexibility index (Phi) is 5.49. The third-order valence-corrected chi connectivity index (χ3v) is 2.82. The first-order chi connectivity index (χ1) is 7.69. The van der Waals surface area contributed by atoms with Crippen molar-refractivity contribution in [1.29, 1.82) is 0 Å². The van der Waals surface area contributed by atoms with Gasteiger partial charge in [-0.3, -0.25) is 0 Å². The second-order valence-electron chi connectivity index (χ2n) is 4.32. The van der Waals surface area contributed by atoms with Crippen molar-refractivity contribution in [3.63, 3.8) is 0 Å². The molecule has 4 heteroatoms. The first-order valence-electron chi connectivity index (χ1n) is 5.91. The number of aromatic nitrogens is 2. The van der Waals surface area contributed by atoms with Gasteiger partial charge < -0.3 is 14.6 Å². The van der Waals surface area contributed by atoms with Crippen molar-refractivity contribution < 1.29 is 4.74 Å². The van der Waals surface area contributed by atoms with Crippen LogP contribution in [0.3, 0.4) is 0 Å². The van der Waals surface area contributed by atoms with E-state index < -0.39 is 0 Å². The van der Waals surface area contributed by atoms with Crippen LogP contribution < -0.4 is 5.32 Å². The highest BCUT2D eigenvalue weighted by Crippen LogP contribution is 2.04. The van der Waals surface area contributed by atoms with Crippen LogP contribution in [0.25, 0.3) is 0 Å².